The van der Waals surface area contributed by atoms with Crippen molar-refractivity contribution in [1.29, 1.82) is 0 Å². The molecule has 0 saturated carbocycles. The van der Waals surface area contributed by atoms with E-state index in [1.807, 2.05) is 36.4 Å². The normalized spacial score (nSPS) is 10.2. The van der Waals surface area contributed by atoms with E-state index in [-0.39, 0.29) is 6.09 Å². The lowest BCUT2D eigenvalue weighted by molar-refractivity contribution is 0.157. The Morgan fingerprint density at radius 1 is 1.35 bits per heavy atom. The second-order valence-electron chi connectivity index (χ2n) is 3.21. The molecule has 0 aliphatic heterocycles. The number of nitrogens with zero attached hydrogens (tertiary/aromatic N) is 1. The molecule has 0 aliphatic rings. The van der Waals surface area contributed by atoms with Crippen LogP contribution in [0.5, 0.6) is 5.75 Å². The maximum atomic E-state index is 11.7. The molecule has 94 valence electrons. The molecule has 0 unspecified atom stereocenters. The van der Waals surface area contributed by atoms with Crippen LogP contribution in [0.1, 0.15) is 13.8 Å². The van der Waals surface area contributed by atoms with Gasteiger partial charge in [0, 0.05) is 13.1 Å². The molecule has 1 amide bonds. The molecule has 0 aliphatic carbocycles. The number of amides is 1. The average Bonchev–Trinajstić information content (AvgIpc) is 2.31. The highest BCUT2D eigenvalue weighted by molar-refractivity contribution is 14.1. The summed E-state index contributed by atoms with van der Waals surface area (Å²) < 4.78 is 5.90. The highest BCUT2D eigenvalue weighted by Crippen LogP contribution is 2.34. The van der Waals surface area contributed by atoms with Crippen molar-refractivity contribution in [2.75, 3.05) is 13.1 Å². The van der Waals surface area contributed by atoms with Crippen LogP contribution in [0.4, 0.5) is 4.79 Å². The Morgan fingerprint density at radius 3 is 2.47 bits per heavy atom. The first-order valence-corrected chi connectivity index (χ1v) is 6.94. The van der Waals surface area contributed by atoms with Crippen LogP contribution in [0.2, 0.25) is 10.0 Å². The third-order valence-electron chi connectivity index (χ3n) is 2.22. The number of hydrogen-bond acceptors (Lipinski definition) is 2. The van der Waals surface area contributed by atoms with Crippen LogP contribution in [-0.2, 0) is 0 Å². The lowest BCUT2D eigenvalue weighted by Gasteiger charge is -2.18. The van der Waals surface area contributed by atoms with Crippen molar-refractivity contribution in [3.8, 4) is 5.75 Å². The molecule has 0 radical (unpaired) electrons. The van der Waals surface area contributed by atoms with Crippen LogP contribution >= 0.6 is 45.8 Å². The van der Waals surface area contributed by atoms with Crippen LogP contribution < -0.4 is 4.74 Å². The molecular weight excluding hydrogens is 376 g/mol. The average molecular weight is 388 g/mol. The van der Waals surface area contributed by atoms with Crippen LogP contribution in [-0.4, -0.2) is 24.1 Å². The second-order valence-corrected chi connectivity index (χ2v) is 5.08. The molecule has 0 saturated heterocycles. The smallest absolute Gasteiger partial charge is 0.409 e. The third kappa shape index (κ3) is 3.63. The van der Waals surface area contributed by atoms with Gasteiger partial charge in [0.1, 0.15) is 5.75 Å². The first-order chi connectivity index (χ1) is 8.01. The van der Waals surface area contributed by atoms with Crippen molar-refractivity contribution >= 4 is 51.9 Å². The standard InChI is InChI=1S/C11H12Cl2INO2/c1-3-15(4-2)11(16)17-8-6-5-7(12)9(13)10(8)14/h5-6H,3-4H2,1-2H3. The Balaban J connectivity index is 2.89. The number of carbonyl (C=O) groups is 1. The summed E-state index contributed by atoms with van der Waals surface area (Å²) in [6, 6.07) is 3.24. The minimum atomic E-state index is -0.383. The Kier molecular flexibility index (Phi) is 5.82. The summed E-state index contributed by atoms with van der Waals surface area (Å²) in [6.07, 6.45) is -0.383. The summed E-state index contributed by atoms with van der Waals surface area (Å²) >= 11 is 13.8. The maximum absolute atomic E-state index is 11.7. The van der Waals surface area contributed by atoms with Crippen LogP contribution in [0.25, 0.3) is 0 Å². The molecule has 1 rings (SSSR count). The van der Waals surface area contributed by atoms with Crippen LogP contribution in [0.3, 0.4) is 0 Å². The topological polar surface area (TPSA) is 29.5 Å². The monoisotopic (exact) mass is 387 g/mol. The Morgan fingerprint density at radius 2 is 1.94 bits per heavy atom. The molecule has 1 aromatic carbocycles. The van der Waals surface area contributed by atoms with Crippen molar-refractivity contribution in [3.63, 3.8) is 0 Å². The predicted octanol–water partition coefficient (Wildman–Crippen LogP) is 4.44. The van der Waals surface area contributed by atoms with Gasteiger partial charge in [-0.2, -0.15) is 0 Å². The van der Waals surface area contributed by atoms with Gasteiger partial charge in [0.25, 0.3) is 0 Å². The van der Waals surface area contributed by atoms with E-state index in [4.69, 9.17) is 27.9 Å². The maximum Gasteiger partial charge on any atom is 0.415 e. The van der Waals surface area contributed by atoms with E-state index in [2.05, 4.69) is 0 Å². The molecular formula is C11H12Cl2INO2. The zero-order valence-electron chi connectivity index (χ0n) is 9.47. The summed E-state index contributed by atoms with van der Waals surface area (Å²) in [5.41, 5.74) is 0. The number of halogens is 3. The molecule has 0 aromatic heterocycles. The van der Waals surface area contributed by atoms with Gasteiger partial charge in [-0.25, -0.2) is 4.79 Å². The van der Waals surface area contributed by atoms with Gasteiger partial charge in [0.2, 0.25) is 0 Å². The summed E-state index contributed by atoms with van der Waals surface area (Å²) in [7, 11) is 0. The molecule has 1 aromatic rings. The lowest BCUT2D eigenvalue weighted by atomic mass is 10.3. The fourth-order valence-corrected chi connectivity index (χ4v) is 2.28. The molecule has 0 N–H and O–H groups in total. The van der Waals surface area contributed by atoms with E-state index in [9.17, 15) is 4.79 Å². The van der Waals surface area contributed by atoms with Gasteiger partial charge in [-0.15, -0.1) is 0 Å². The zero-order chi connectivity index (χ0) is 13.0. The second kappa shape index (κ2) is 6.66. The molecule has 0 spiro atoms. The van der Waals surface area contributed by atoms with Gasteiger partial charge in [-0.3, -0.25) is 0 Å². The fourth-order valence-electron chi connectivity index (χ4n) is 1.23. The molecule has 17 heavy (non-hydrogen) atoms. The van der Waals surface area contributed by atoms with Crippen LogP contribution in [0.15, 0.2) is 12.1 Å². The molecule has 0 heterocycles. The van der Waals surface area contributed by atoms with Crippen molar-refractivity contribution in [3.05, 3.63) is 25.7 Å². The summed E-state index contributed by atoms with van der Waals surface area (Å²) in [6.45, 7) is 5.00. The van der Waals surface area contributed by atoms with Crippen LogP contribution in [0, 0.1) is 3.57 Å². The van der Waals surface area contributed by atoms with Gasteiger partial charge in [-0.05, 0) is 48.6 Å². The van der Waals surface area contributed by atoms with Crippen molar-refractivity contribution in [1.82, 2.24) is 4.90 Å². The first-order valence-electron chi connectivity index (χ1n) is 5.11. The van der Waals surface area contributed by atoms with Crippen molar-refractivity contribution in [2.45, 2.75) is 13.8 Å². The first kappa shape index (κ1) is 14.9. The number of rotatable bonds is 3. The van der Waals surface area contributed by atoms with E-state index in [0.717, 1.165) is 0 Å². The van der Waals surface area contributed by atoms with Gasteiger partial charge in [-0.1, -0.05) is 23.2 Å². The molecule has 0 atom stereocenters. The van der Waals surface area contributed by atoms with E-state index in [0.29, 0.717) is 32.5 Å². The summed E-state index contributed by atoms with van der Waals surface area (Å²) in [5.74, 6) is 0.428. The minimum Gasteiger partial charge on any atom is -0.409 e. The summed E-state index contributed by atoms with van der Waals surface area (Å²) in [4.78, 5) is 13.3. The van der Waals surface area contributed by atoms with E-state index in [1.54, 1.807) is 17.0 Å². The zero-order valence-corrected chi connectivity index (χ0v) is 13.1. The van der Waals surface area contributed by atoms with E-state index >= 15 is 0 Å². The quantitative estimate of drug-likeness (QED) is 0.566. The fraction of sp³-hybridized carbons (Fsp3) is 0.364. The molecule has 0 bridgehead atoms. The van der Waals surface area contributed by atoms with Gasteiger partial charge in [0.05, 0.1) is 13.6 Å². The van der Waals surface area contributed by atoms with Gasteiger partial charge >= 0.3 is 6.09 Å². The lowest BCUT2D eigenvalue weighted by Crippen LogP contribution is -2.33. The molecule has 0 fully saturated rings. The SMILES string of the molecule is CCN(CC)C(=O)Oc1ccc(Cl)c(Cl)c1I. The minimum absolute atomic E-state index is 0.383. The Hall–Kier alpha value is -0.200. The highest BCUT2D eigenvalue weighted by Gasteiger charge is 2.16. The Labute approximate surface area is 124 Å². The number of hydrogen-bond donors (Lipinski definition) is 0. The Bertz CT molecular complexity index is 422. The third-order valence-corrected chi connectivity index (χ3v) is 4.41. The van der Waals surface area contributed by atoms with Crippen molar-refractivity contribution < 1.29 is 9.53 Å². The highest BCUT2D eigenvalue weighted by atomic mass is 127. The van der Waals surface area contributed by atoms with E-state index in [1.165, 1.54) is 0 Å². The summed E-state index contributed by atoms with van der Waals surface area (Å²) in [5, 5.41) is 0.843. The van der Waals surface area contributed by atoms with Gasteiger partial charge < -0.3 is 9.64 Å². The van der Waals surface area contributed by atoms with E-state index < -0.39 is 0 Å². The molecule has 3 nitrogen and oxygen atoms in total. The number of ether oxygens (including phenoxy) is 1. The number of carbonyl (C=O) groups excluding carboxylic acids is 1. The van der Waals surface area contributed by atoms with Gasteiger partial charge in [0.15, 0.2) is 0 Å². The van der Waals surface area contributed by atoms with Crippen molar-refractivity contribution in [2.24, 2.45) is 0 Å². The number of benzene rings is 1. The predicted molar refractivity (Wildman–Crippen MR) is 78.1 cm³/mol. The molecule has 6 heteroatoms. The largest absolute Gasteiger partial charge is 0.415 e.